The number of carbonyl (C=O) groups is 1. The zero-order valence-corrected chi connectivity index (χ0v) is 11.3. The van der Waals surface area contributed by atoms with Gasteiger partial charge in [0, 0.05) is 11.1 Å². The molecule has 102 valence electrons. The van der Waals surface area contributed by atoms with Crippen LogP contribution in [0, 0.1) is 10.1 Å². The monoisotopic (exact) mass is 291 g/mol. The minimum Gasteiger partial charge on any atom is -0.457 e. The first kappa shape index (κ1) is 14.0. The molecule has 6 heteroatoms. The molecule has 0 aromatic heterocycles. The van der Waals surface area contributed by atoms with Crippen molar-refractivity contribution in [3.05, 3.63) is 63.2 Å². The van der Waals surface area contributed by atoms with E-state index in [9.17, 15) is 14.9 Å². The summed E-state index contributed by atoms with van der Waals surface area (Å²) in [5.41, 5.74) is -0.231. The van der Waals surface area contributed by atoms with Gasteiger partial charge in [0.2, 0.25) is 0 Å². The van der Waals surface area contributed by atoms with Gasteiger partial charge < -0.3 is 4.74 Å². The van der Waals surface area contributed by atoms with Crippen LogP contribution in [0.1, 0.15) is 17.3 Å². The van der Waals surface area contributed by atoms with E-state index in [0.717, 1.165) is 0 Å². The summed E-state index contributed by atoms with van der Waals surface area (Å²) in [4.78, 5) is 21.7. The molecule has 0 fully saturated rings. The molecule has 2 rings (SSSR count). The van der Waals surface area contributed by atoms with E-state index in [4.69, 9.17) is 16.3 Å². The molecule has 0 N–H and O–H groups in total. The minimum absolute atomic E-state index is 0.00882. The first-order valence-corrected chi connectivity index (χ1v) is 6.08. The Balaban J connectivity index is 2.36. The Morgan fingerprint density at radius 2 is 1.90 bits per heavy atom. The molecular formula is C14H10ClNO4. The number of hydrogen-bond acceptors (Lipinski definition) is 4. The fraction of sp³-hybridized carbons (Fsp3) is 0.0714. The second kappa shape index (κ2) is 5.71. The topological polar surface area (TPSA) is 69.4 Å². The van der Waals surface area contributed by atoms with Crippen molar-refractivity contribution in [1.29, 1.82) is 0 Å². The largest absolute Gasteiger partial charge is 0.457 e. The predicted octanol–water partition coefficient (Wildman–Crippen LogP) is 4.24. The summed E-state index contributed by atoms with van der Waals surface area (Å²) in [6.07, 6.45) is 0. The van der Waals surface area contributed by atoms with Crippen LogP contribution >= 0.6 is 11.6 Å². The lowest BCUT2D eigenvalue weighted by atomic mass is 10.1. The molecule has 2 aromatic carbocycles. The van der Waals surface area contributed by atoms with Gasteiger partial charge in [0.05, 0.1) is 10.5 Å². The van der Waals surface area contributed by atoms with E-state index >= 15 is 0 Å². The number of ketones is 1. The van der Waals surface area contributed by atoms with E-state index in [2.05, 4.69) is 0 Å². The summed E-state index contributed by atoms with van der Waals surface area (Å²) >= 11 is 5.84. The zero-order chi connectivity index (χ0) is 14.7. The molecule has 0 aliphatic carbocycles. The lowest BCUT2D eigenvalue weighted by Crippen LogP contribution is -2.00. The Hall–Kier alpha value is -2.40. The van der Waals surface area contributed by atoms with Crippen molar-refractivity contribution >= 4 is 23.1 Å². The third-order valence-corrected chi connectivity index (χ3v) is 2.81. The number of halogens is 1. The number of benzene rings is 2. The fourth-order valence-electron chi connectivity index (χ4n) is 1.69. The van der Waals surface area contributed by atoms with Gasteiger partial charge in [-0.2, -0.15) is 0 Å². The summed E-state index contributed by atoms with van der Waals surface area (Å²) in [7, 11) is 0. The molecule has 0 atom stereocenters. The summed E-state index contributed by atoms with van der Waals surface area (Å²) in [6.45, 7) is 1.27. The molecular weight excluding hydrogens is 282 g/mol. The third-order valence-electron chi connectivity index (χ3n) is 2.58. The average molecular weight is 292 g/mol. The number of ether oxygens (including phenoxy) is 1. The van der Waals surface area contributed by atoms with Crippen LogP contribution in [0.3, 0.4) is 0 Å². The van der Waals surface area contributed by atoms with Crippen LogP contribution in [0.15, 0.2) is 42.5 Å². The van der Waals surface area contributed by atoms with E-state index in [1.54, 1.807) is 24.3 Å². The first-order valence-electron chi connectivity index (χ1n) is 5.70. The van der Waals surface area contributed by atoms with Crippen molar-refractivity contribution in [1.82, 2.24) is 0 Å². The van der Waals surface area contributed by atoms with E-state index < -0.39 is 10.7 Å². The highest BCUT2D eigenvalue weighted by atomic mass is 35.5. The molecule has 0 aliphatic heterocycles. The highest BCUT2D eigenvalue weighted by Crippen LogP contribution is 2.29. The maximum Gasteiger partial charge on any atom is 0.280 e. The molecule has 0 amide bonds. The van der Waals surface area contributed by atoms with Crippen LogP contribution in [0.4, 0.5) is 5.69 Å². The minimum atomic E-state index is -0.597. The zero-order valence-electron chi connectivity index (χ0n) is 10.5. The number of hydrogen-bond donors (Lipinski definition) is 0. The van der Waals surface area contributed by atoms with Gasteiger partial charge in [-0.05, 0) is 37.3 Å². The SMILES string of the molecule is CC(=O)c1cc(Oc2cccc(Cl)c2)ccc1[N+](=O)[O-]. The van der Waals surface area contributed by atoms with Crippen molar-refractivity contribution < 1.29 is 14.5 Å². The number of nitro groups is 1. The van der Waals surface area contributed by atoms with Crippen molar-refractivity contribution in [2.45, 2.75) is 6.92 Å². The van der Waals surface area contributed by atoms with Crippen molar-refractivity contribution in [2.75, 3.05) is 0 Å². The van der Waals surface area contributed by atoms with Crippen LogP contribution in [0.5, 0.6) is 11.5 Å². The Morgan fingerprint density at radius 1 is 1.20 bits per heavy atom. The molecule has 0 unspecified atom stereocenters. The molecule has 0 saturated carbocycles. The number of carbonyl (C=O) groups excluding carboxylic acids is 1. The summed E-state index contributed by atoms with van der Waals surface area (Å²) in [6, 6.07) is 10.8. The van der Waals surface area contributed by atoms with Crippen molar-refractivity contribution in [3.63, 3.8) is 0 Å². The Bertz CT molecular complexity index is 685. The van der Waals surface area contributed by atoms with Gasteiger partial charge in [-0.1, -0.05) is 17.7 Å². The smallest absolute Gasteiger partial charge is 0.280 e. The van der Waals surface area contributed by atoms with E-state index in [-0.39, 0.29) is 11.3 Å². The van der Waals surface area contributed by atoms with Gasteiger partial charge in [0.25, 0.3) is 5.69 Å². The van der Waals surface area contributed by atoms with Gasteiger partial charge in [-0.25, -0.2) is 0 Å². The summed E-state index contributed by atoms with van der Waals surface area (Å²) in [5, 5.41) is 11.3. The summed E-state index contributed by atoms with van der Waals surface area (Å²) in [5.74, 6) is 0.428. The maximum absolute atomic E-state index is 11.4. The second-order valence-corrected chi connectivity index (χ2v) is 4.49. The number of nitro benzene ring substituents is 1. The Kier molecular flexibility index (Phi) is 4.00. The standard InChI is InChI=1S/C14H10ClNO4/c1-9(17)13-8-12(5-6-14(13)16(18)19)20-11-4-2-3-10(15)7-11/h2-8H,1H3. The van der Waals surface area contributed by atoms with Gasteiger partial charge in [-0.3, -0.25) is 14.9 Å². The van der Waals surface area contributed by atoms with Crippen LogP contribution < -0.4 is 4.74 Å². The lowest BCUT2D eigenvalue weighted by Gasteiger charge is -2.07. The Labute approximate surface area is 119 Å². The molecule has 2 aromatic rings. The van der Waals surface area contributed by atoms with Crippen molar-refractivity contribution in [3.8, 4) is 11.5 Å². The van der Waals surface area contributed by atoms with Crippen LogP contribution in [0.25, 0.3) is 0 Å². The summed E-state index contributed by atoms with van der Waals surface area (Å²) < 4.78 is 5.53. The van der Waals surface area contributed by atoms with Gasteiger partial charge >= 0.3 is 0 Å². The number of rotatable bonds is 4. The van der Waals surface area contributed by atoms with E-state index in [1.807, 2.05) is 0 Å². The molecule has 0 bridgehead atoms. The van der Waals surface area contributed by atoms with Crippen LogP contribution in [-0.4, -0.2) is 10.7 Å². The quantitative estimate of drug-likeness (QED) is 0.480. The molecule has 0 saturated heterocycles. The predicted molar refractivity (Wildman–Crippen MR) is 74.6 cm³/mol. The third kappa shape index (κ3) is 3.13. The highest BCUT2D eigenvalue weighted by Gasteiger charge is 2.18. The molecule has 0 heterocycles. The van der Waals surface area contributed by atoms with Gasteiger partial charge in [0.15, 0.2) is 5.78 Å². The molecule has 0 radical (unpaired) electrons. The fourth-order valence-corrected chi connectivity index (χ4v) is 1.87. The molecule has 0 aliphatic rings. The maximum atomic E-state index is 11.4. The van der Waals surface area contributed by atoms with Gasteiger partial charge in [0.1, 0.15) is 11.5 Å². The highest BCUT2D eigenvalue weighted by molar-refractivity contribution is 6.30. The molecule has 20 heavy (non-hydrogen) atoms. The Morgan fingerprint density at radius 3 is 2.50 bits per heavy atom. The average Bonchev–Trinajstić information content (AvgIpc) is 2.38. The lowest BCUT2D eigenvalue weighted by molar-refractivity contribution is -0.385. The van der Waals surface area contributed by atoms with Crippen LogP contribution in [0.2, 0.25) is 5.02 Å². The molecule has 0 spiro atoms. The number of Topliss-reactive ketones (excluding diaryl/α,β-unsaturated/α-hetero) is 1. The van der Waals surface area contributed by atoms with E-state index in [1.165, 1.54) is 25.1 Å². The van der Waals surface area contributed by atoms with Gasteiger partial charge in [-0.15, -0.1) is 0 Å². The molecule has 5 nitrogen and oxygen atoms in total. The number of nitrogens with zero attached hydrogens (tertiary/aromatic N) is 1. The first-order chi connectivity index (χ1) is 9.47. The van der Waals surface area contributed by atoms with E-state index in [0.29, 0.717) is 16.5 Å². The second-order valence-electron chi connectivity index (χ2n) is 4.05. The normalized spacial score (nSPS) is 10.1. The van der Waals surface area contributed by atoms with Crippen molar-refractivity contribution in [2.24, 2.45) is 0 Å². The van der Waals surface area contributed by atoms with Crippen LogP contribution in [-0.2, 0) is 0 Å².